The Hall–Kier alpha value is -3.95. The van der Waals surface area contributed by atoms with E-state index >= 15 is 0 Å². The number of halogens is 1. The van der Waals surface area contributed by atoms with E-state index in [4.69, 9.17) is 67.5 Å². The van der Waals surface area contributed by atoms with Crippen LogP contribution in [0.1, 0.15) is 187 Å². The number of hydrogen-bond acceptors (Lipinski definition) is 17. The largest absolute Gasteiger partial charge is 0.508 e. The van der Waals surface area contributed by atoms with Gasteiger partial charge in [-0.05, 0) is 198 Å². The zero-order valence-electron chi connectivity index (χ0n) is 58.0. The number of esters is 1. The predicted octanol–water partition coefficient (Wildman–Crippen LogP) is 12.4. The molecule has 0 radical (unpaired) electrons. The highest BCUT2D eigenvalue weighted by atomic mass is 35.5. The first-order valence-corrected chi connectivity index (χ1v) is 31.2. The molecule has 3 heterocycles. The number of aliphatic hydroxyl groups excluding tert-OH is 4. The Kier molecular flexibility index (Phi) is 19.2. The lowest BCUT2D eigenvalue weighted by atomic mass is 9.47. The molecular formula is C68H101ClO17. The fourth-order valence-electron chi connectivity index (χ4n) is 17.5. The summed E-state index contributed by atoms with van der Waals surface area (Å²) in [5.41, 5.74) is -0.867. The number of carbonyl (C=O) groups excluding carboxylic acids is 2. The lowest BCUT2D eigenvalue weighted by molar-refractivity contribution is -0.645. The van der Waals surface area contributed by atoms with Crippen molar-refractivity contribution in [3.63, 3.8) is 0 Å². The Labute approximate surface area is 528 Å². The molecule has 15 aliphatic rings. The van der Waals surface area contributed by atoms with Gasteiger partial charge in [0, 0.05) is 37.0 Å². The van der Waals surface area contributed by atoms with Crippen LogP contribution in [-0.2, 0) is 54.9 Å². The summed E-state index contributed by atoms with van der Waals surface area (Å²) in [5.74, 6) is 2.51. The summed E-state index contributed by atoms with van der Waals surface area (Å²) in [5, 5.41) is 59.1. The Bertz CT molecular complexity index is 2950. The van der Waals surface area contributed by atoms with Crippen molar-refractivity contribution in [3.05, 3.63) is 88.4 Å². The third-order valence-electron chi connectivity index (χ3n) is 20.4. The van der Waals surface area contributed by atoms with E-state index in [-0.39, 0.29) is 66.4 Å². The van der Waals surface area contributed by atoms with Crippen molar-refractivity contribution in [1.29, 1.82) is 0 Å². The summed E-state index contributed by atoms with van der Waals surface area (Å²) >= 11 is 5.51. The van der Waals surface area contributed by atoms with Crippen LogP contribution in [0.15, 0.2) is 66.7 Å². The quantitative estimate of drug-likeness (QED) is 0.0908. The van der Waals surface area contributed by atoms with Crippen LogP contribution in [0.3, 0.4) is 0 Å². The highest BCUT2D eigenvalue weighted by Crippen LogP contribution is 2.71. The number of methoxy groups -OCH3 is 3. The molecule has 12 bridgehead atoms. The lowest BCUT2D eigenvalue weighted by Crippen LogP contribution is -2.76. The van der Waals surface area contributed by atoms with Crippen LogP contribution in [-0.4, -0.2) is 112 Å². The first-order valence-electron chi connectivity index (χ1n) is 35.3. The first-order chi connectivity index (χ1) is 44.0. The SMILES string of the molecule is C.C.CC.CC.CC.O=C1C2CC3CC(C2)CC1C3.[2H]C([2H])([2H])OC(=O)c1ccc(Cl)c(O)c1.[2H]C([2H])([2H])OC1(c2cccc(O)c2)OOC12C1CC3CC(C1)CC2C3.[2H]C([2H])([2H])OC1(c2cccc(O[C@@H]3OC(CO)[C@@H](O)C(O)[C@@H]3O)c2)OOC12C1CC3CC(C1)CC2C3. The van der Waals surface area contributed by atoms with E-state index in [0.29, 0.717) is 52.4 Å². The molecule has 17 nitrogen and oxygen atoms in total. The zero-order valence-corrected chi connectivity index (χ0v) is 49.8. The number of hydrogen-bond donors (Lipinski definition) is 6. The van der Waals surface area contributed by atoms with Crippen LogP contribution in [0, 0.1) is 71.0 Å². The highest BCUT2D eigenvalue weighted by Gasteiger charge is 2.78. The number of rotatable bonds is 8. The van der Waals surface area contributed by atoms with Gasteiger partial charge in [-0.2, -0.15) is 9.78 Å². The van der Waals surface area contributed by atoms with Crippen LogP contribution in [0.25, 0.3) is 0 Å². The normalized spacial score (nSPS) is 42.2. The van der Waals surface area contributed by atoms with Gasteiger partial charge < -0.3 is 54.3 Å². The predicted molar refractivity (Wildman–Crippen MR) is 324 cm³/mol. The number of aromatic hydroxyl groups is 2. The van der Waals surface area contributed by atoms with Crippen LogP contribution >= 0.6 is 11.6 Å². The van der Waals surface area contributed by atoms with Crippen molar-refractivity contribution in [3.8, 4) is 17.2 Å². The molecule has 4 unspecified atom stereocenters. The molecule has 18 rings (SSSR count). The molecule has 3 aliphatic heterocycles. The summed E-state index contributed by atoms with van der Waals surface area (Å²) in [7, 11) is -8.19. The minimum atomic E-state index is -2.80. The average Bonchev–Trinajstić information content (AvgIpc) is 0.676. The minimum absolute atomic E-state index is 0. The van der Waals surface area contributed by atoms with Crippen molar-refractivity contribution < 1.29 is 95.8 Å². The van der Waals surface area contributed by atoms with Gasteiger partial charge in [0.05, 0.1) is 36.6 Å². The number of ketones is 1. The van der Waals surface area contributed by atoms with E-state index in [0.717, 1.165) is 69.3 Å². The van der Waals surface area contributed by atoms with Crippen LogP contribution in [0.5, 0.6) is 17.2 Å². The van der Waals surface area contributed by atoms with Gasteiger partial charge in [0.2, 0.25) is 6.29 Å². The molecule has 3 saturated heterocycles. The summed E-state index contributed by atoms with van der Waals surface area (Å²) in [4.78, 5) is 45.6. The molecule has 0 aromatic heterocycles. The number of carbonyl (C=O) groups is 2. The molecule has 86 heavy (non-hydrogen) atoms. The smallest absolute Gasteiger partial charge is 0.337 e. The monoisotopic (exact) mass is 1230 g/mol. The molecule has 18 heteroatoms. The maximum atomic E-state index is 11.6. The summed E-state index contributed by atoms with van der Waals surface area (Å²) in [6.45, 7) is 11.4. The Morgan fingerprint density at radius 2 is 1.03 bits per heavy atom. The van der Waals surface area contributed by atoms with Crippen LogP contribution in [0.4, 0.5) is 0 Å². The summed E-state index contributed by atoms with van der Waals surface area (Å²) in [6.07, 6.45) is 9.56. The van der Waals surface area contributed by atoms with Crippen molar-refractivity contribution >= 4 is 23.4 Å². The molecule has 482 valence electrons. The number of Topliss-reactive ketones (excluding diaryl/α,β-unsaturated/α-hetero) is 1. The topological polar surface area (TPSA) is 239 Å². The fourth-order valence-corrected chi connectivity index (χ4v) is 17.7. The molecule has 12 saturated carbocycles. The van der Waals surface area contributed by atoms with E-state index in [1.54, 1.807) is 42.5 Å². The van der Waals surface area contributed by atoms with Gasteiger partial charge in [-0.1, -0.05) is 92.3 Å². The first kappa shape index (κ1) is 57.2. The molecular weight excluding hydrogens is 1120 g/mol. The minimum Gasteiger partial charge on any atom is -0.508 e. The maximum absolute atomic E-state index is 11.6. The molecule has 2 spiro atoms. The van der Waals surface area contributed by atoms with Gasteiger partial charge in [-0.25, -0.2) is 14.6 Å². The molecule has 3 aromatic rings. The average molecular weight is 1240 g/mol. The molecule has 6 N–H and O–H groups in total. The highest BCUT2D eigenvalue weighted by molar-refractivity contribution is 6.32. The lowest BCUT2D eigenvalue weighted by Gasteiger charge is -2.68. The van der Waals surface area contributed by atoms with E-state index in [1.807, 2.05) is 41.5 Å². The van der Waals surface area contributed by atoms with E-state index in [2.05, 4.69) is 4.74 Å². The van der Waals surface area contributed by atoms with Gasteiger partial charge in [0.1, 0.15) is 47.4 Å². The molecule has 0 amide bonds. The second-order valence-corrected chi connectivity index (χ2v) is 25.0. The zero-order chi connectivity index (χ0) is 68.0. The maximum Gasteiger partial charge on any atom is 0.337 e. The standard InChI is InChI=1S/C24H32O9.C18H22O4.C10H14O.C8H7ClO3.3C2H6.2CH4/c1-29-24(23(32-33-24)15-6-12-5-13(8-15)9-16(23)7-12)14-3-2-4-17(10-14)30-22-21(28)20(27)19(26)18(11-25)31-22;1-20-18(13-3-2-4-16(19)10-13)17(21-22-18)14-6-11-5-12(8-14)9-15(17)7-11;11-10-8-2-6-1-7(4-8)5-9(10)3-6;1-12-8(11)5-2-3-6(9)7(10)4-5;3*1-2;;/h2-4,10,12-13,15-16,18-22,25-28H,5-9,11H2,1H3;2-4,10-12,14-15,19H,5-9H2,1H3;6-9H,1-5H2;2-4,10H,1H3;3*1-2H3;2*1H4/t12?,13?,15?,16?,18?,19-,20?,21+,22-,23?,24?;;;;;;;;/m1......../s1/i2*1D3;;1D3;;;;;. The number of phenolic OH excluding ortho intramolecular Hbond substituents is 2. The Balaban J connectivity index is 0.000000187. The van der Waals surface area contributed by atoms with Crippen molar-refractivity contribution in [2.75, 3.05) is 27.7 Å². The van der Waals surface area contributed by atoms with Crippen molar-refractivity contribution in [2.24, 2.45) is 71.0 Å². The van der Waals surface area contributed by atoms with E-state index in [9.17, 15) is 35.1 Å². The van der Waals surface area contributed by atoms with Gasteiger partial charge in [0.15, 0.2) is 11.2 Å². The fraction of sp³-hybridized carbons (Fsp3) is 0.706. The number of benzene rings is 3. The summed E-state index contributed by atoms with van der Waals surface area (Å²) in [6, 6.07) is 16.6. The van der Waals surface area contributed by atoms with Crippen LogP contribution in [0.2, 0.25) is 5.02 Å². The van der Waals surface area contributed by atoms with E-state index < -0.39 is 87.2 Å². The second kappa shape index (κ2) is 28.9. The van der Waals surface area contributed by atoms with Gasteiger partial charge >= 0.3 is 5.97 Å². The van der Waals surface area contributed by atoms with Crippen LogP contribution < -0.4 is 4.74 Å². The molecule has 3 aromatic carbocycles. The van der Waals surface area contributed by atoms with Gasteiger partial charge in [-0.3, -0.25) is 4.79 Å². The number of ether oxygens (including phenoxy) is 5. The van der Waals surface area contributed by atoms with Crippen molar-refractivity contribution in [1.82, 2.24) is 0 Å². The Morgan fingerprint density at radius 1 is 0.581 bits per heavy atom. The third kappa shape index (κ3) is 12.1. The molecule has 7 atom stereocenters. The second-order valence-electron chi connectivity index (χ2n) is 24.6. The summed E-state index contributed by atoms with van der Waals surface area (Å²) < 4.78 is 93.7. The number of phenols is 2. The van der Waals surface area contributed by atoms with E-state index in [1.165, 1.54) is 63.1 Å². The molecule has 15 fully saturated rings. The third-order valence-corrected chi connectivity index (χ3v) is 20.7. The van der Waals surface area contributed by atoms with Crippen molar-refractivity contribution in [2.45, 2.75) is 206 Å². The van der Waals surface area contributed by atoms with Gasteiger partial charge in [0.25, 0.3) is 11.6 Å². The number of aliphatic hydroxyl groups is 4. The molecule has 12 aliphatic carbocycles. The van der Waals surface area contributed by atoms with Gasteiger partial charge in [-0.15, -0.1) is 0 Å². The Morgan fingerprint density at radius 3 is 1.44 bits per heavy atom.